The van der Waals surface area contributed by atoms with Crippen LogP contribution in [-0.2, 0) is 6.54 Å². The van der Waals surface area contributed by atoms with E-state index in [1.54, 1.807) is 31.2 Å². The molecule has 0 bridgehead atoms. The zero-order chi connectivity index (χ0) is 20.0. The van der Waals surface area contributed by atoms with Crippen LogP contribution in [0.15, 0.2) is 30.3 Å². The molecule has 0 spiro atoms. The third kappa shape index (κ3) is 3.23. The van der Waals surface area contributed by atoms with Gasteiger partial charge in [-0.05, 0) is 42.7 Å². The van der Waals surface area contributed by atoms with Gasteiger partial charge in [0.25, 0.3) is 0 Å². The number of hydrogen-bond acceptors (Lipinski definition) is 2. The lowest BCUT2D eigenvalue weighted by atomic mass is 9.95. The number of halogens is 5. The quantitative estimate of drug-likeness (QED) is 0.421. The zero-order valence-corrected chi connectivity index (χ0v) is 17.4. The fourth-order valence-corrected chi connectivity index (χ4v) is 4.59. The van der Waals surface area contributed by atoms with Crippen LogP contribution in [0.4, 0.5) is 20.4 Å². The second kappa shape index (κ2) is 7.69. The van der Waals surface area contributed by atoms with Gasteiger partial charge in [-0.2, -0.15) is 0 Å². The molecule has 0 saturated heterocycles. The highest BCUT2D eigenvalue weighted by Gasteiger charge is 2.30. The maximum atomic E-state index is 13.7. The second-order valence-corrected chi connectivity index (χ2v) is 8.10. The fourth-order valence-electron chi connectivity index (χ4n) is 3.89. The minimum absolute atomic E-state index is 0.335. The molecule has 28 heavy (non-hydrogen) atoms. The molecule has 1 aliphatic heterocycles. The molecule has 1 unspecified atom stereocenters. The summed E-state index contributed by atoms with van der Waals surface area (Å²) in [6, 6.07) is 8.66. The van der Waals surface area contributed by atoms with Crippen LogP contribution in [0.25, 0.3) is 11.0 Å². The molecule has 2 heterocycles. The first kappa shape index (κ1) is 19.7. The molecule has 2 aromatic carbocycles. The monoisotopic (exact) mass is 443 g/mol. The van der Waals surface area contributed by atoms with Crippen molar-refractivity contribution in [2.75, 3.05) is 11.4 Å². The summed E-state index contributed by atoms with van der Waals surface area (Å²) < 4.78 is 29.3. The van der Waals surface area contributed by atoms with Gasteiger partial charge in [-0.3, -0.25) is 0 Å². The Bertz CT molecular complexity index is 1040. The van der Waals surface area contributed by atoms with Gasteiger partial charge in [0.2, 0.25) is 12.4 Å². The number of aromatic nitrogens is 2. The van der Waals surface area contributed by atoms with Gasteiger partial charge in [-0.25, -0.2) is 13.8 Å². The largest absolute Gasteiger partial charge is 0.310 e. The van der Waals surface area contributed by atoms with E-state index in [9.17, 15) is 8.78 Å². The number of rotatable bonds is 4. The van der Waals surface area contributed by atoms with E-state index in [0.717, 1.165) is 12.1 Å². The Kier molecular flexibility index (Phi) is 5.43. The maximum Gasteiger partial charge on any atom is 0.245 e. The minimum Gasteiger partial charge on any atom is -0.310 e. The minimum atomic E-state index is -2.45. The van der Waals surface area contributed by atoms with Crippen molar-refractivity contribution in [3.63, 3.8) is 0 Å². The molecule has 8 heteroatoms. The van der Waals surface area contributed by atoms with Crippen molar-refractivity contribution in [2.24, 2.45) is 0 Å². The van der Waals surface area contributed by atoms with Gasteiger partial charge in [-0.1, -0.05) is 47.8 Å². The van der Waals surface area contributed by atoms with Gasteiger partial charge in [0, 0.05) is 24.0 Å². The Labute approximate surface area is 176 Å². The van der Waals surface area contributed by atoms with Crippen molar-refractivity contribution in [3.8, 4) is 0 Å². The first-order valence-electron chi connectivity index (χ1n) is 9.11. The van der Waals surface area contributed by atoms with Crippen molar-refractivity contribution in [2.45, 2.75) is 38.7 Å². The molecule has 1 aliphatic rings. The van der Waals surface area contributed by atoms with E-state index < -0.39 is 12.3 Å². The van der Waals surface area contributed by atoms with E-state index in [1.807, 2.05) is 15.5 Å². The van der Waals surface area contributed by atoms with Crippen LogP contribution in [0, 0.1) is 0 Å². The molecule has 0 amide bonds. The van der Waals surface area contributed by atoms with E-state index in [-0.39, 0.29) is 0 Å². The van der Waals surface area contributed by atoms with Crippen molar-refractivity contribution in [1.82, 2.24) is 9.55 Å². The summed E-state index contributed by atoms with van der Waals surface area (Å²) in [5.74, 6) is -0.209. The Morgan fingerprint density at radius 2 is 1.86 bits per heavy atom. The van der Waals surface area contributed by atoms with Crippen molar-refractivity contribution in [3.05, 3.63) is 51.0 Å². The van der Waals surface area contributed by atoms with E-state index in [2.05, 4.69) is 0 Å². The van der Waals surface area contributed by atoms with Gasteiger partial charge < -0.3 is 9.47 Å². The molecule has 0 fully saturated rings. The third-order valence-corrected chi connectivity index (χ3v) is 6.05. The SMILES string of the molecule is CCC(c1ccc(Cl)c2nc3n(c12)CCCN3c1ccc(Cl)cc1Cl)C(F)F. The highest BCUT2D eigenvalue weighted by molar-refractivity contribution is 6.36. The molecule has 3 aromatic rings. The highest BCUT2D eigenvalue weighted by Crippen LogP contribution is 2.41. The molecule has 4 rings (SSSR count). The summed E-state index contributed by atoms with van der Waals surface area (Å²) in [4.78, 5) is 6.72. The van der Waals surface area contributed by atoms with Crippen molar-refractivity contribution in [1.29, 1.82) is 0 Å². The van der Waals surface area contributed by atoms with Gasteiger partial charge in [0.1, 0.15) is 5.52 Å². The maximum absolute atomic E-state index is 13.7. The lowest BCUT2D eigenvalue weighted by Crippen LogP contribution is -2.28. The molecule has 0 radical (unpaired) electrons. The molecule has 1 atom stereocenters. The lowest BCUT2D eigenvalue weighted by molar-refractivity contribution is 0.112. The number of nitrogens with zero attached hydrogens (tertiary/aromatic N) is 3. The van der Waals surface area contributed by atoms with Crippen LogP contribution in [0.2, 0.25) is 15.1 Å². The predicted octanol–water partition coefficient (Wildman–Crippen LogP) is 7.30. The second-order valence-electron chi connectivity index (χ2n) is 6.85. The van der Waals surface area contributed by atoms with Crippen LogP contribution in [0.5, 0.6) is 0 Å². The molecule has 148 valence electrons. The molecule has 0 saturated carbocycles. The number of alkyl halides is 2. The summed E-state index contributed by atoms with van der Waals surface area (Å²) in [6.45, 7) is 3.16. The molecule has 0 aliphatic carbocycles. The van der Waals surface area contributed by atoms with E-state index >= 15 is 0 Å². The average molecular weight is 445 g/mol. The van der Waals surface area contributed by atoms with E-state index in [1.165, 1.54) is 0 Å². The smallest absolute Gasteiger partial charge is 0.245 e. The van der Waals surface area contributed by atoms with Gasteiger partial charge in [-0.15, -0.1) is 0 Å². The number of fused-ring (bicyclic) bond motifs is 3. The predicted molar refractivity (Wildman–Crippen MR) is 112 cm³/mol. The van der Waals surface area contributed by atoms with E-state index in [0.29, 0.717) is 57.1 Å². The Morgan fingerprint density at radius 1 is 1.07 bits per heavy atom. The standard InChI is InChI=1S/C20H18Cl3F2N3/c1-2-12(19(24)25)13-5-6-14(22)17-18(13)28-9-3-8-27(20(28)26-17)16-7-4-11(21)10-15(16)23/h4-7,10,12,19H,2-3,8-9H2,1H3. The lowest BCUT2D eigenvalue weighted by Gasteiger charge is -2.30. The van der Waals surface area contributed by atoms with Crippen LogP contribution in [-0.4, -0.2) is 22.5 Å². The van der Waals surface area contributed by atoms with Crippen LogP contribution in [0.1, 0.15) is 31.2 Å². The molecule has 1 aromatic heterocycles. The number of anilines is 2. The van der Waals surface area contributed by atoms with Gasteiger partial charge in [0.15, 0.2) is 0 Å². The van der Waals surface area contributed by atoms with E-state index in [4.69, 9.17) is 39.8 Å². The Hall–Kier alpha value is -1.56. The topological polar surface area (TPSA) is 21.1 Å². The number of benzene rings is 2. The highest BCUT2D eigenvalue weighted by atomic mass is 35.5. The summed E-state index contributed by atoms with van der Waals surface area (Å²) in [7, 11) is 0. The number of aryl methyl sites for hydroxylation is 1. The van der Waals surface area contributed by atoms with Crippen molar-refractivity contribution >= 4 is 57.5 Å². The average Bonchev–Trinajstić information content (AvgIpc) is 3.05. The fraction of sp³-hybridized carbons (Fsp3) is 0.350. The molecular weight excluding hydrogens is 427 g/mol. The molecule has 3 nitrogen and oxygen atoms in total. The summed E-state index contributed by atoms with van der Waals surface area (Å²) >= 11 is 18.8. The first-order chi connectivity index (χ1) is 13.4. The first-order valence-corrected chi connectivity index (χ1v) is 10.2. The van der Waals surface area contributed by atoms with Gasteiger partial charge >= 0.3 is 0 Å². The Morgan fingerprint density at radius 3 is 2.54 bits per heavy atom. The summed E-state index contributed by atoms with van der Waals surface area (Å²) in [6.07, 6.45) is -1.29. The summed E-state index contributed by atoms with van der Waals surface area (Å²) in [5.41, 5.74) is 2.59. The molecular formula is C20H18Cl3F2N3. The van der Waals surface area contributed by atoms with Crippen LogP contribution < -0.4 is 4.90 Å². The third-order valence-electron chi connectivity index (χ3n) is 5.21. The van der Waals surface area contributed by atoms with Crippen LogP contribution in [0.3, 0.4) is 0 Å². The van der Waals surface area contributed by atoms with Gasteiger partial charge in [0.05, 0.1) is 21.2 Å². The van der Waals surface area contributed by atoms with Crippen molar-refractivity contribution < 1.29 is 8.78 Å². The van der Waals surface area contributed by atoms with Crippen LogP contribution >= 0.6 is 34.8 Å². The number of hydrogen-bond donors (Lipinski definition) is 0. The number of imidazole rings is 1. The normalized spacial score (nSPS) is 15.3. The summed E-state index contributed by atoms with van der Waals surface area (Å²) in [5, 5.41) is 1.51. The Balaban J connectivity index is 1.94. The molecule has 0 N–H and O–H groups in total. The zero-order valence-electron chi connectivity index (χ0n) is 15.1.